The van der Waals surface area contributed by atoms with Crippen LogP contribution in [0.3, 0.4) is 0 Å². The van der Waals surface area contributed by atoms with Gasteiger partial charge in [-0.25, -0.2) is 0 Å². The Labute approximate surface area is 56.6 Å². The van der Waals surface area contributed by atoms with Crippen molar-refractivity contribution < 1.29 is 0 Å². The molecule has 1 spiro atoms. The van der Waals surface area contributed by atoms with Gasteiger partial charge in [0.15, 0.2) is 0 Å². The highest BCUT2D eigenvalue weighted by molar-refractivity contribution is 5.10. The van der Waals surface area contributed by atoms with E-state index in [1.807, 2.05) is 0 Å². The molecule has 3 rings (SSSR count). The number of hydrogen-bond donors (Lipinski definition) is 0. The van der Waals surface area contributed by atoms with Gasteiger partial charge in [-0.1, -0.05) is 12.8 Å². The molecule has 0 N–H and O–H groups in total. The third-order valence-electron chi connectivity index (χ3n) is 3.96. The molecule has 0 aromatic heterocycles. The van der Waals surface area contributed by atoms with Gasteiger partial charge in [-0.3, -0.25) is 0 Å². The summed E-state index contributed by atoms with van der Waals surface area (Å²) < 4.78 is 0. The van der Waals surface area contributed by atoms with Crippen molar-refractivity contribution >= 4 is 0 Å². The molecule has 0 aromatic rings. The van der Waals surface area contributed by atoms with Crippen molar-refractivity contribution in [1.29, 1.82) is 0 Å². The Balaban J connectivity index is 1.95. The zero-order valence-electron chi connectivity index (χ0n) is 5.90. The fraction of sp³-hybridized carbons (Fsp3) is 1.00. The van der Waals surface area contributed by atoms with E-state index < -0.39 is 0 Å². The fourth-order valence-electron chi connectivity index (χ4n) is 3.45. The summed E-state index contributed by atoms with van der Waals surface area (Å²) in [6.45, 7) is 0. The first kappa shape index (κ1) is 4.76. The Kier molecular flexibility index (Phi) is 0.640. The van der Waals surface area contributed by atoms with Crippen LogP contribution in [0.25, 0.3) is 0 Å². The summed E-state index contributed by atoms with van der Waals surface area (Å²) in [5.74, 6) is 2.39. The molecule has 0 radical (unpaired) electrons. The van der Waals surface area contributed by atoms with E-state index in [1.54, 1.807) is 38.5 Å². The molecule has 3 aliphatic rings. The maximum absolute atomic E-state index is 1.62. The summed E-state index contributed by atoms with van der Waals surface area (Å²) in [5.41, 5.74) is 0.961. The molecule has 3 fully saturated rings. The monoisotopic (exact) mass is 122 g/mol. The van der Waals surface area contributed by atoms with E-state index in [0.717, 1.165) is 5.41 Å². The molecule has 3 saturated carbocycles. The standard InChI is InChI=1S/C9H14/c1-2-7-4-8-6-9(8,3-1)5-7/h7-8H,1-6H2. The third kappa shape index (κ3) is 0.461. The van der Waals surface area contributed by atoms with Gasteiger partial charge in [-0.05, 0) is 42.9 Å². The first-order chi connectivity index (χ1) is 4.39. The molecular weight excluding hydrogens is 108 g/mol. The smallest absolute Gasteiger partial charge is 0.0263 e. The van der Waals surface area contributed by atoms with Gasteiger partial charge in [0, 0.05) is 0 Å². The molecule has 0 heterocycles. The van der Waals surface area contributed by atoms with Crippen LogP contribution in [0.2, 0.25) is 0 Å². The zero-order valence-corrected chi connectivity index (χ0v) is 5.90. The molecule has 0 heteroatoms. The average Bonchev–Trinajstić information content (AvgIpc) is 2.38. The summed E-state index contributed by atoms with van der Waals surface area (Å²) in [6.07, 6.45) is 9.56. The maximum Gasteiger partial charge on any atom is -0.0263 e. The SMILES string of the molecule is C1CC2CC3CC3(C1)C2. The van der Waals surface area contributed by atoms with Crippen molar-refractivity contribution in [3.63, 3.8) is 0 Å². The van der Waals surface area contributed by atoms with Crippen LogP contribution >= 0.6 is 0 Å². The van der Waals surface area contributed by atoms with Gasteiger partial charge in [-0.15, -0.1) is 0 Å². The van der Waals surface area contributed by atoms with Gasteiger partial charge in [0.2, 0.25) is 0 Å². The van der Waals surface area contributed by atoms with E-state index in [1.165, 1.54) is 11.8 Å². The summed E-state index contributed by atoms with van der Waals surface area (Å²) in [4.78, 5) is 0. The van der Waals surface area contributed by atoms with Gasteiger partial charge >= 0.3 is 0 Å². The fourth-order valence-corrected chi connectivity index (χ4v) is 3.45. The minimum absolute atomic E-state index is 0.961. The maximum atomic E-state index is 1.62. The Hall–Kier alpha value is 0. The molecule has 0 aliphatic heterocycles. The first-order valence-corrected chi connectivity index (χ1v) is 4.39. The van der Waals surface area contributed by atoms with Crippen LogP contribution in [-0.2, 0) is 0 Å². The summed E-state index contributed by atoms with van der Waals surface area (Å²) in [6, 6.07) is 0. The summed E-state index contributed by atoms with van der Waals surface area (Å²) in [5, 5.41) is 0. The van der Waals surface area contributed by atoms with Crippen molar-refractivity contribution in [3.8, 4) is 0 Å². The Morgan fingerprint density at radius 2 is 2.22 bits per heavy atom. The largest absolute Gasteiger partial charge is 0.0525 e. The molecule has 0 saturated heterocycles. The minimum Gasteiger partial charge on any atom is -0.0525 e. The molecule has 3 aliphatic carbocycles. The van der Waals surface area contributed by atoms with Crippen LogP contribution in [0.15, 0.2) is 0 Å². The molecule has 0 amide bonds. The number of rotatable bonds is 0. The molecule has 0 aromatic carbocycles. The second-order valence-electron chi connectivity index (χ2n) is 4.46. The van der Waals surface area contributed by atoms with E-state index in [9.17, 15) is 0 Å². The van der Waals surface area contributed by atoms with Crippen LogP contribution in [0.4, 0.5) is 0 Å². The quantitative estimate of drug-likeness (QED) is 0.463. The minimum atomic E-state index is 0.961. The van der Waals surface area contributed by atoms with E-state index in [-0.39, 0.29) is 0 Å². The van der Waals surface area contributed by atoms with Gasteiger partial charge in [0.1, 0.15) is 0 Å². The van der Waals surface area contributed by atoms with Gasteiger partial charge < -0.3 is 0 Å². The second-order valence-corrected chi connectivity index (χ2v) is 4.46. The lowest BCUT2D eigenvalue weighted by Gasteiger charge is -2.22. The van der Waals surface area contributed by atoms with Gasteiger partial charge in [-0.2, -0.15) is 0 Å². The van der Waals surface area contributed by atoms with E-state index in [0.29, 0.717) is 0 Å². The van der Waals surface area contributed by atoms with Crippen LogP contribution in [0.5, 0.6) is 0 Å². The highest BCUT2D eigenvalue weighted by Crippen LogP contribution is 2.70. The lowest BCUT2D eigenvalue weighted by Crippen LogP contribution is -2.09. The Morgan fingerprint density at radius 1 is 1.22 bits per heavy atom. The summed E-state index contributed by atoms with van der Waals surface area (Å²) >= 11 is 0. The summed E-state index contributed by atoms with van der Waals surface area (Å²) in [7, 11) is 0. The Bertz CT molecular complexity index is 148. The predicted octanol–water partition coefficient (Wildman–Crippen LogP) is 2.59. The molecule has 3 unspecified atom stereocenters. The van der Waals surface area contributed by atoms with Crippen molar-refractivity contribution in [1.82, 2.24) is 0 Å². The van der Waals surface area contributed by atoms with Crippen LogP contribution in [0, 0.1) is 17.3 Å². The Morgan fingerprint density at radius 3 is 3.00 bits per heavy atom. The zero-order chi connectivity index (χ0) is 5.90. The van der Waals surface area contributed by atoms with E-state index in [4.69, 9.17) is 0 Å². The molecular formula is C9H14. The van der Waals surface area contributed by atoms with Crippen LogP contribution < -0.4 is 0 Å². The van der Waals surface area contributed by atoms with Crippen molar-refractivity contribution in [3.05, 3.63) is 0 Å². The van der Waals surface area contributed by atoms with Crippen molar-refractivity contribution in [2.24, 2.45) is 17.3 Å². The van der Waals surface area contributed by atoms with Crippen molar-refractivity contribution in [2.75, 3.05) is 0 Å². The molecule has 0 nitrogen and oxygen atoms in total. The van der Waals surface area contributed by atoms with Gasteiger partial charge in [0.25, 0.3) is 0 Å². The number of fused-ring (bicyclic) bond motifs is 1. The average molecular weight is 122 g/mol. The highest BCUT2D eigenvalue weighted by atomic mass is 14.6. The second kappa shape index (κ2) is 1.21. The van der Waals surface area contributed by atoms with E-state index >= 15 is 0 Å². The molecule has 50 valence electrons. The lowest BCUT2D eigenvalue weighted by molar-refractivity contribution is 0.299. The predicted molar refractivity (Wildman–Crippen MR) is 37.1 cm³/mol. The molecule has 9 heavy (non-hydrogen) atoms. The van der Waals surface area contributed by atoms with Crippen molar-refractivity contribution in [2.45, 2.75) is 38.5 Å². The van der Waals surface area contributed by atoms with Gasteiger partial charge in [0.05, 0.1) is 0 Å². The molecule has 3 atom stereocenters. The normalized spacial score (nSPS) is 61.3. The van der Waals surface area contributed by atoms with E-state index in [2.05, 4.69) is 0 Å². The third-order valence-corrected chi connectivity index (χ3v) is 3.96. The first-order valence-electron chi connectivity index (χ1n) is 4.39. The highest BCUT2D eigenvalue weighted by Gasteiger charge is 2.60. The lowest BCUT2D eigenvalue weighted by atomic mass is 9.84. The topological polar surface area (TPSA) is 0 Å². The van der Waals surface area contributed by atoms with Crippen LogP contribution in [0.1, 0.15) is 38.5 Å². The van der Waals surface area contributed by atoms with Crippen LogP contribution in [-0.4, -0.2) is 0 Å². The number of hydrogen-bond acceptors (Lipinski definition) is 0. The molecule has 2 bridgehead atoms.